The number of carbonyl (C=O) groups is 2. The van der Waals surface area contributed by atoms with Crippen molar-refractivity contribution in [1.82, 2.24) is 4.57 Å². The Balaban J connectivity index is 0.000000615. The van der Waals surface area contributed by atoms with Crippen LogP contribution in [0.3, 0.4) is 0 Å². The van der Waals surface area contributed by atoms with Crippen LogP contribution in [-0.4, -0.2) is 49.3 Å². The lowest BCUT2D eigenvalue weighted by Gasteiger charge is -2.11. The van der Waals surface area contributed by atoms with E-state index < -0.39 is 28.4 Å². The van der Waals surface area contributed by atoms with Crippen LogP contribution >= 0.6 is 0 Å². The van der Waals surface area contributed by atoms with Crippen molar-refractivity contribution < 1.29 is 40.8 Å². The van der Waals surface area contributed by atoms with Crippen LogP contribution < -0.4 is 4.57 Å². The molecule has 0 aromatic carbocycles. The molecule has 1 rings (SSSR count). The van der Waals surface area contributed by atoms with Crippen molar-refractivity contribution >= 4 is 22.3 Å². The van der Waals surface area contributed by atoms with E-state index in [0.29, 0.717) is 19.4 Å². The van der Waals surface area contributed by atoms with Gasteiger partial charge in [-0.2, -0.15) is 0 Å². The third-order valence-electron chi connectivity index (χ3n) is 3.99. The molecule has 11 heteroatoms. The first-order valence-electron chi connectivity index (χ1n) is 10.6. The number of hydrogen-bond donors (Lipinski definition) is 0. The normalized spacial score (nSPS) is 11.9. The molecule has 10 nitrogen and oxygen atoms in total. The number of aromatic nitrogens is 2. The van der Waals surface area contributed by atoms with Gasteiger partial charge in [-0.25, -0.2) is 27.1 Å². The summed E-state index contributed by atoms with van der Waals surface area (Å²) in [6, 6.07) is -1.07. The number of esters is 2. The highest BCUT2D eigenvalue weighted by atomic mass is 32.3. The van der Waals surface area contributed by atoms with Crippen LogP contribution in [0.15, 0.2) is 18.7 Å². The molecule has 0 bridgehead atoms. The first-order chi connectivity index (χ1) is 14.7. The summed E-state index contributed by atoms with van der Waals surface area (Å²) < 4.78 is 47.1. The molecule has 0 spiro atoms. The molecule has 1 aromatic heterocycles. The number of aryl methyl sites for hydroxylation is 1. The smallest absolute Gasteiger partial charge is 0.363 e. The molecule has 180 valence electrons. The van der Waals surface area contributed by atoms with E-state index in [9.17, 15) is 22.6 Å². The average Bonchev–Trinajstić information content (AvgIpc) is 3.11. The fourth-order valence-electron chi connectivity index (χ4n) is 2.51. The maximum absolute atomic E-state index is 11.9. The highest BCUT2D eigenvalue weighted by Gasteiger charge is 2.35. The first kappa shape index (κ1) is 29.0. The molecule has 0 saturated carbocycles. The van der Waals surface area contributed by atoms with Crippen LogP contribution in [0.25, 0.3) is 0 Å². The summed E-state index contributed by atoms with van der Waals surface area (Å²) in [5.74, 6) is -1.19. The molecule has 0 saturated heterocycles. The van der Waals surface area contributed by atoms with Gasteiger partial charge in [0.1, 0.15) is 12.4 Å². The molecule has 0 N–H and O–H groups in total. The van der Waals surface area contributed by atoms with Crippen molar-refractivity contribution in [2.75, 3.05) is 19.8 Å². The van der Waals surface area contributed by atoms with Crippen molar-refractivity contribution in [3.05, 3.63) is 18.7 Å². The summed E-state index contributed by atoms with van der Waals surface area (Å²) in [4.78, 5) is 23.7. The lowest BCUT2D eigenvalue weighted by Crippen LogP contribution is -2.32. The molecule has 1 unspecified atom stereocenters. The third kappa shape index (κ3) is 14.6. The van der Waals surface area contributed by atoms with E-state index in [1.54, 1.807) is 37.3 Å². The van der Waals surface area contributed by atoms with Gasteiger partial charge >= 0.3 is 11.9 Å². The maximum Gasteiger partial charge on any atom is 0.363 e. The van der Waals surface area contributed by atoms with Crippen molar-refractivity contribution in [2.24, 2.45) is 7.05 Å². The summed E-state index contributed by atoms with van der Waals surface area (Å²) in [5.41, 5.74) is 0. The molecule has 31 heavy (non-hydrogen) atoms. The summed E-state index contributed by atoms with van der Waals surface area (Å²) in [6.45, 7) is 6.27. The zero-order valence-electron chi connectivity index (χ0n) is 18.9. The van der Waals surface area contributed by atoms with E-state index in [1.165, 1.54) is 23.8 Å². The van der Waals surface area contributed by atoms with Crippen LogP contribution in [0.2, 0.25) is 0 Å². The van der Waals surface area contributed by atoms with Crippen LogP contribution in [0.4, 0.5) is 0 Å². The number of hydrogen-bond acceptors (Lipinski definition) is 8. The minimum Gasteiger partial charge on any atom is -0.726 e. The Hall–Kier alpha value is -1.98. The number of ether oxygens (including phenoxy) is 2. The lowest BCUT2D eigenvalue weighted by atomic mass is 10.1. The second kappa shape index (κ2) is 16.7. The predicted octanol–water partition coefficient (Wildman–Crippen LogP) is 2.19. The van der Waals surface area contributed by atoms with Crippen molar-refractivity contribution in [1.29, 1.82) is 0 Å². The molecule has 0 radical (unpaired) electrons. The van der Waals surface area contributed by atoms with E-state index in [-0.39, 0.29) is 13.2 Å². The largest absolute Gasteiger partial charge is 0.726 e. The van der Waals surface area contributed by atoms with E-state index in [1.807, 2.05) is 6.92 Å². The standard InChI is InChI=1S/C12H19N2O4.C8H18O4S/c1-4-8-18-12(16)10(11(15)17-5-2)14-7-6-13(3)9-14;1-2-3-4-5-6-7-8-12-13(9,10)11/h6-7,9-10H,4-5,8H2,1-3H3;2-8H2,1H3,(H,9,10,11)/q+1;/p-1. The van der Waals surface area contributed by atoms with E-state index in [4.69, 9.17) is 9.47 Å². The van der Waals surface area contributed by atoms with Crippen LogP contribution in [0, 0.1) is 0 Å². The van der Waals surface area contributed by atoms with Gasteiger partial charge in [0.2, 0.25) is 16.7 Å². The number of rotatable bonds is 14. The number of unbranched alkanes of at least 4 members (excludes halogenated alkanes) is 5. The van der Waals surface area contributed by atoms with Gasteiger partial charge in [-0.15, -0.1) is 0 Å². The molecule has 1 heterocycles. The maximum atomic E-state index is 11.9. The molecule has 0 aliphatic heterocycles. The average molecular weight is 465 g/mol. The molecule has 1 aromatic rings. The monoisotopic (exact) mass is 464 g/mol. The third-order valence-corrected chi connectivity index (χ3v) is 4.45. The van der Waals surface area contributed by atoms with Gasteiger partial charge in [-0.1, -0.05) is 46.0 Å². The zero-order valence-corrected chi connectivity index (χ0v) is 19.8. The highest BCUT2D eigenvalue weighted by Crippen LogP contribution is 2.11. The van der Waals surface area contributed by atoms with Gasteiger partial charge in [0.25, 0.3) is 6.04 Å². The Bertz CT molecular complexity index is 733. The van der Waals surface area contributed by atoms with E-state index in [2.05, 4.69) is 11.1 Å². The Labute approximate surface area is 185 Å². The predicted molar refractivity (Wildman–Crippen MR) is 112 cm³/mol. The Morgan fingerprint density at radius 3 is 2.10 bits per heavy atom. The first-order valence-corrected chi connectivity index (χ1v) is 12.0. The molecular weight excluding hydrogens is 428 g/mol. The summed E-state index contributed by atoms with van der Waals surface area (Å²) in [6.07, 6.45) is 11.9. The molecule has 0 amide bonds. The van der Waals surface area contributed by atoms with Crippen LogP contribution in [-0.2, 0) is 40.7 Å². The van der Waals surface area contributed by atoms with Crippen molar-refractivity contribution in [2.45, 2.75) is 71.8 Å². The van der Waals surface area contributed by atoms with E-state index >= 15 is 0 Å². The van der Waals surface area contributed by atoms with Crippen LogP contribution in [0.5, 0.6) is 0 Å². The SMILES string of the molecule is CCCCCCCCOS(=O)(=O)[O-].CCCOC(=O)C(C(=O)OCC)n1cc[n+](C)c1. The Morgan fingerprint density at radius 1 is 0.968 bits per heavy atom. The number of nitrogens with zero attached hydrogens (tertiary/aromatic N) is 2. The number of imidazole rings is 1. The topological polar surface area (TPSA) is 128 Å². The second-order valence-electron chi connectivity index (χ2n) is 6.85. The lowest BCUT2D eigenvalue weighted by molar-refractivity contribution is -0.671. The molecule has 0 fully saturated rings. The summed E-state index contributed by atoms with van der Waals surface area (Å²) in [5, 5.41) is 0. The molecule has 1 atom stereocenters. The van der Waals surface area contributed by atoms with Gasteiger partial charge in [0.05, 0.1) is 26.9 Å². The Kier molecular flexibility index (Phi) is 15.6. The fraction of sp³-hybridized carbons (Fsp3) is 0.750. The summed E-state index contributed by atoms with van der Waals surface area (Å²) in [7, 11) is -2.67. The minimum atomic E-state index is -4.47. The zero-order chi connectivity index (χ0) is 23.7. The second-order valence-corrected chi connectivity index (χ2v) is 7.90. The Morgan fingerprint density at radius 2 is 1.58 bits per heavy atom. The molecule has 0 aliphatic carbocycles. The van der Waals surface area contributed by atoms with E-state index in [0.717, 1.165) is 12.8 Å². The van der Waals surface area contributed by atoms with Gasteiger partial charge in [0.15, 0.2) is 0 Å². The van der Waals surface area contributed by atoms with Gasteiger partial charge < -0.3 is 14.0 Å². The summed E-state index contributed by atoms with van der Waals surface area (Å²) >= 11 is 0. The fourth-order valence-corrected chi connectivity index (χ4v) is 2.83. The van der Waals surface area contributed by atoms with Crippen molar-refractivity contribution in [3.8, 4) is 0 Å². The molecular formula is C20H36N2O8S. The molecule has 0 aliphatic rings. The van der Waals surface area contributed by atoms with Crippen molar-refractivity contribution in [3.63, 3.8) is 0 Å². The quantitative estimate of drug-likeness (QED) is 0.102. The highest BCUT2D eigenvalue weighted by molar-refractivity contribution is 7.80. The van der Waals surface area contributed by atoms with Gasteiger partial charge in [-0.05, 0) is 19.8 Å². The van der Waals surface area contributed by atoms with Gasteiger partial charge in [-0.3, -0.25) is 4.18 Å². The van der Waals surface area contributed by atoms with Crippen LogP contribution in [0.1, 0.15) is 71.8 Å². The minimum absolute atomic E-state index is 0.0258. The van der Waals surface area contributed by atoms with Gasteiger partial charge in [0, 0.05) is 0 Å². The number of carbonyl (C=O) groups excluding carboxylic acids is 2.